The highest BCUT2D eigenvalue weighted by Gasteiger charge is 2.15. The Bertz CT molecular complexity index is 344. The molecule has 0 aromatic rings. The molecule has 0 fully saturated rings. The van der Waals surface area contributed by atoms with Gasteiger partial charge >= 0.3 is 5.97 Å². The Morgan fingerprint density at radius 1 is 1.04 bits per heavy atom. The third-order valence-electron chi connectivity index (χ3n) is 5.10. The third kappa shape index (κ3) is 16.4. The summed E-state index contributed by atoms with van der Waals surface area (Å²) in [5, 5.41) is 0. The Hall–Kier alpha value is -0.790. The molecule has 0 bridgehead atoms. The van der Waals surface area contributed by atoms with Crippen LogP contribution in [0.5, 0.6) is 0 Å². The van der Waals surface area contributed by atoms with E-state index in [0.29, 0.717) is 24.4 Å². The lowest BCUT2D eigenvalue weighted by atomic mass is 9.83. The number of carbonyl (C=O) groups is 1. The van der Waals surface area contributed by atoms with E-state index in [1.165, 1.54) is 44.9 Å². The molecular formula is C23H44O2. The van der Waals surface area contributed by atoms with Gasteiger partial charge in [-0.05, 0) is 56.8 Å². The van der Waals surface area contributed by atoms with Gasteiger partial charge in [0.05, 0.1) is 6.61 Å². The molecule has 0 aliphatic carbocycles. The van der Waals surface area contributed by atoms with E-state index in [2.05, 4.69) is 46.8 Å². The van der Waals surface area contributed by atoms with Gasteiger partial charge in [-0.25, -0.2) is 0 Å². The highest BCUT2D eigenvalue weighted by Crippen LogP contribution is 2.29. The largest absolute Gasteiger partial charge is 0.466 e. The van der Waals surface area contributed by atoms with Crippen LogP contribution in [0.25, 0.3) is 0 Å². The van der Waals surface area contributed by atoms with E-state index in [1.807, 2.05) is 0 Å². The lowest BCUT2D eigenvalue weighted by Gasteiger charge is -2.23. The Morgan fingerprint density at radius 2 is 1.72 bits per heavy atom. The molecule has 0 spiro atoms. The van der Waals surface area contributed by atoms with Crippen LogP contribution in [-0.2, 0) is 9.53 Å². The van der Waals surface area contributed by atoms with E-state index in [4.69, 9.17) is 4.74 Å². The molecule has 0 radical (unpaired) electrons. The smallest absolute Gasteiger partial charge is 0.305 e. The van der Waals surface area contributed by atoms with Crippen LogP contribution < -0.4 is 0 Å². The van der Waals surface area contributed by atoms with Gasteiger partial charge in [0, 0.05) is 6.42 Å². The summed E-state index contributed by atoms with van der Waals surface area (Å²) in [6, 6.07) is 0. The summed E-state index contributed by atoms with van der Waals surface area (Å²) in [4.78, 5) is 11.7. The first-order valence-electron chi connectivity index (χ1n) is 10.7. The van der Waals surface area contributed by atoms with Crippen LogP contribution in [0.1, 0.15) is 112 Å². The SMILES string of the molecule is C/C=C/CCC(C)CCOC(=O)CCCCCCCC(C)(C)CCC. The predicted octanol–water partition coefficient (Wildman–Crippen LogP) is 7.47. The van der Waals surface area contributed by atoms with E-state index in [-0.39, 0.29) is 5.97 Å². The van der Waals surface area contributed by atoms with Gasteiger partial charge in [0.15, 0.2) is 0 Å². The molecule has 0 aromatic heterocycles. The van der Waals surface area contributed by atoms with Crippen molar-refractivity contribution in [2.24, 2.45) is 11.3 Å². The minimum Gasteiger partial charge on any atom is -0.466 e. The molecule has 2 nitrogen and oxygen atoms in total. The second kappa shape index (κ2) is 15.5. The number of esters is 1. The van der Waals surface area contributed by atoms with E-state index in [9.17, 15) is 4.79 Å². The Kier molecular flexibility index (Phi) is 15.0. The number of allylic oxidation sites excluding steroid dienone is 2. The maximum atomic E-state index is 11.7. The monoisotopic (exact) mass is 352 g/mol. The Labute approximate surface area is 157 Å². The molecule has 2 heteroatoms. The molecule has 0 amide bonds. The highest BCUT2D eigenvalue weighted by atomic mass is 16.5. The molecule has 148 valence electrons. The summed E-state index contributed by atoms with van der Waals surface area (Å²) < 4.78 is 5.36. The fourth-order valence-corrected chi connectivity index (χ4v) is 3.34. The number of unbranched alkanes of at least 4 members (excludes halogenated alkanes) is 4. The number of carbonyl (C=O) groups excluding carboxylic acids is 1. The summed E-state index contributed by atoms with van der Waals surface area (Å²) in [5.41, 5.74) is 0.502. The lowest BCUT2D eigenvalue weighted by molar-refractivity contribution is -0.144. The Balaban J connectivity index is 3.47. The van der Waals surface area contributed by atoms with Gasteiger partial charge in [-0.3, -0.25) is 4.79 Å². The molecule has 0 aliphatic heterocycles. The van der Waals surface area contributed by atoms with Crippen molar-refractivity contribution < 1.29 is 9.53 Å². The standard InChI is InChI=1S/C23H44O2/c1-6-8-12-15-21(3)17-20-25-22(24)16-13-10-9-11-14-19-23(4,5)18-7-2/h6,8,21H,7,9-20H2,1-5H3/b8-6+. The zero-order valence-corrected chi connectivity index (χ0v) is 17.7. The second-order valence-electron chi connectivity index (χ2n) is 8.44. The number of hydrogen-bond acceptors (Lipinski definition) is 2. The summed E-state index contributed by atoms with van der Waals surface area (Å²) in [6.45, 7) is 11.9. The number of hydrogen-bond donors (Lipinski definition) is 0. The summed E-state index contributed by atoms with van der Waals surface area (Å²) >= 11 is 0. The first kappa shape index (κ1) is 24.2. The minimum absolute atomic E-state index is 0.00951. The van der Waals surface area contributed by atoms with Crippen molar-refractivity contribution in [1.29, 1.82) is 0 Å². The summed E-state index contributed by atoms with van der Waals surface area (Å²) in [7, 11) is 0. The number of ether oxygens (including phenoxy) is 1. The van der Waals surface area contributed by atoms with Gasteiger partial charge in [-0.15, -0.1) is 0 Å². The van der Waals surface area contributed by atoms with E-state index in [0.717, 1.165) is 25.7 Å². The van der Waals surface area contributed by atoms with Crippen LogP contribution in [0, 0.1) is 11.3 Å². The summed E-state index contributed by atoms with van der Waals surface area (Å²) in [5.74, 6) is 0.616. The van der Waals surface area contributed by atoms with Crippen molar-refractivity contribution in [2.75, 3.05) is 6.61 Å². The molecule has 0 rings (SSSR count). The van der Waals surface area contributed by atoms with Crippen molar-refractivity contribution in [3.05, 3.63) is 12.2 Å². The van der Waals surface area contributed by atoms with E-state index < -0.39 is 0 Å². The van der Waals surface area contributed by atoms with Gasteiger partial charge in [0.2, 0.25) is 0 Å². The molecule has 0 heterocycles. The normalized spacial score (nSPS) is 13.3. The molecule has 0 saturated heterocycles. The van der Waals surface area contributed by atoms with Gasteiger partial charge in [-0.1, -0.05) is 72.0 Å². The third-order valence-corrected chi connectivity index (χ3v) is 5.10. The van der Waals surface area contributed by atoms with Crippen LogP contribution in [0.3, 0.4) is 0 Å². The van der Waals surface area contributed by atoms with Crippen molar-refractivity contribution in [2.45, 2.75) is 112 Å². The molecule has 1 unspecified atom stereocenters. The molecule has 0 N–H and O–H groups in total. The van der Waals surface area contributed by atoms with Gasteiger partial charge in [0.1, 0.15) is 0 Å². The van der Waals surface area contributed by atoms with Crippen molar-refractivity contribution in [1.82, 2.24) is 0 Å². The maximum Gasteiger partial charge on any atom is 0.305 e. The van der Waals surface area contributed by atoms with Crippen molar-refractivity contribution in [3.8, 4) is 0 Å². The van der Waals surface area contributed by atoms with E-state index >= 15 is 0 Å². The highest BCUT2D eigenvalue weighted by molar-refractivity contribution is 5.69. The van der Waals surface area contributed by atoms with Crippen LogP contribution in [0.15, 0.2) is 12.2 Å². The average molecular weight is 353 g/mol. The molecule has 0 saturated carbocycles. The fraction of sp³-hybridized carbons (Fsp3) is 0.870. The number of rotatable bonds is 16. The van der Waals surface area contributed by atoms with Gasteiger partial charge in [-0.2, -0.15) is 0 Å². The van der Waals surface area contributed by atoms with E-state index in [1.54, 1.807) is 0 Å². The Morgan fingerprint density at radius 3 is 2.40 bits per heavy atom. The molecule has 25 heavy (non-hydrogen) atoms. The molecular weight excluding hydrogens is 308 g/mol. The maximum absolute atomic E-state index is 11.7. The average Bonchev–Trinajstić information content (AvgIpc) is 2.54. The quantitative estimate of drug-likeness (QED) is 0.164. The van der Waals surface area contributed by atoms with Crippen LogP contribution in [0.4, 0.5) is 0 Å². The summed E-state index contributed by atoms with van der Waals surface area (Å²) in [6.07, 6.45) is 18.1. The molecule has 1 atom stereocenters. The van der Waals surface area contributed by atoms with Crippen molar-refractivity contribution >= 4 is 5.97 Å². The zero-order chi connectivity index (χ0) is 19.0. The second-order valence-corrected chi connectivity index (χ2v) is 8.44. The van der Waals surface area contributed by atoms with Crippen LogP contribution >= 0.6 is 0 Å². The minimum atomic E-state index is -0.00951. The first-order valence-corrected chi connectivity index (χ1v) is 10.7. The zero-order valence-electron chi connectivity index (χ0n) is 17.7. The van der Waals surface area contributed by atoms with Crippen LogP contribution in [0.2, 0.25) is 0 Å². The molecule has 0 aliphatic rings. The first-order chi connectivity index (χ1) is 11.9. The van der Waals surface area contributed by atoms with Crippen molar-refractivity contribution in [3.63, 3.8) is 0 Å². The van der Waals surface area contributed by atoms with Gasteiger partial charge in [0.25, 0.3) is 0 Å². The fourth-order valence-electron chi connectivity index (χ4n) is 3.34. The van der Waals surface area contributed by atoms with Gasteiger partial charge < -0.3 is 4.74 Å². The topological polar surface area (TPSA) is 26.3 Å². The predicted molar refractivity (Wildman–Crippen MR) is 110 cm³/mol. The molecule has 0 aromatic carbocycles. The lowest BCUT2D eigenvalue weighted by Crippen LogP contribution is -2.10. The van der Waals surface area contributed by atoms with Crippen LogP contribution in [-0.4, -0.2) is 12.6 Å².